The molecule has 0 aliphatic rings. The van der Waals surface area contributed by atoms with Gasteiger partial charge in [0.15, 0.2) is 5.75 Å². The molecule has 3 rings (SSSR count). The maximum atomic E-state index is 12.8. The third kappa shape index (κ3) is 3.38. The fourth-order valence-corrected chi connectivity index (χ4v) is 4.17. The second kappa shape index (κ2) is 6.71. The molecule has 0 spiro atoms. The van der Waals surface area contributed by atoms with E-state index in [1.54, 1.807) is 31.2 Å². The van der Waals surface area contributed by atoms with Crippen molar-refractivity contribution in [2.75, 3.05) is 7.11 Å². The smallest absolute Gasteiger partial charge is 0.343 e. The number of aromatic nitrogens is 1. The first-order valence-corrected chi connectivity index (χ1v) is 9.32. The summed E-state index contributed by atoms with van der Waals surface area (Å²) in [6.07, 6.45) is 1.50. The number of nitrogens with zero attached hydrogens (tertiary/aromatic N) is 1. The van der Waals surface area contributed by atoms with Crippen molar-refractivity contribution >= 4 is 44.2 Å². The Morgan fingerprint density at radius 1 is 1.08 bits per heavy atom. The van der Waals surface area contributed by atoms with Crippen molar-refractivity contribution in [3.8, 4) is 11.5 Å². The molecule has 0 amide bonds. The predicted molar refractivity (Wildman–Crippen MR) is 97.3 cm³/mol. The van der Waals surface area contributed by atoms with Crippen LogP contribution in [-0.2, 0) is 10.1 Å². The number of fused-ring (bicyclic) bond motifs is 1. The number of halogens is 2. The molecule has 0 bridgehead atoms. The first kappa shape index (κ1) is 17.8. The van der Waals surface area contributed by atoms with Crippen LogP contribution in [0.3, 0.4) is 0 Å². The molecule has 0 atom stereocenters. The number of ether oxygens (including phenoxy) is 1. The van der Waals surface area contributed by atoms with Crippen molar-refractivity contribution in [3.05, 3.63) is 58.2 Å². The van der Waals surface area contributed by atoms with E-state index < -0.39 is 10.1 Å². The summed E-state index contributed by atoms with van der Waals surface area (Å²) < 4.78 is 36.0. The minimum absolute atomic E-state index is 0.0476. The maximum Gasteiger partial charge on any atom is 0.343 e. The summed E-state index contributed by atoms with van der Waals surface area (Å²) in [5, 5.41) is 0.937. The Balaban J connectivity index is 2.18. The number of hydrogen-bond acceptors (Lipinski definition) is 5. The van der Waals surface area contributed by atoms with Gasteiger partial charge in [0.1, 0.15) is 16.2 Å². The Labute approximate surface area is 155 Å². The van der Waals surface area contributed by atoms with Crippen LogP contribution in [0.25, 0.3) is 10.9 Å². The number of benzene rings is 2. The van der Waals surface area contributed by atoms with Gasteiger partial charge in [0.05, 0.1) is 17.2 Å². The Morgan fingerprint density at radius 2 is 1.84 bits per heavy atom. The van der Waals surface area contributed by atoms with E-state index >= 15 is 0 Å². The molecule has 0 aliphatic carbocycles. The average molecular weight is 398 g/mol. The minimum Gasteiger partial charge on any atom is -0.495 e. The molecule has 3 aromatic rings. The van der Waals surface area contributed by atoms with Crippen LogP contribution in [0.1, 0.15) is 5.56 Å². The van der Waals surface area contributed by atoms with Gasteiger partial charge in [-0.05, 0) is 42.8 Å². The van der Waals surface area contributed by atoms with E-state index in [0.29, 0.717) is 10.4 Å². The highest BCUT2D eigenvalue weighted by Gasteiger charge is 2.25. The van der Waals surface area contributed by atoms with Gasteiger partial charge in [0.2, 0.25) is 0 Å². The Bertz CT molecular complexity index is 1070. The van der Waals surface area contributed by atoms with Crippen LogP contribution in [0.15, 0.2) is 47.5 Å². The zero-order chi connectivity index (χ0) is 18.2. The highest BCUT2D eigenvalue weighted by molar-refractivity contribution is 7.87. The quantitative estimate of drug-likeness (QED) is 0.600. The molecule has 1 aromatic heterocycles. The van der Waals surface area contributed by atoms with E-state index in [4.69, 9.17) is 32.1 Å². The maximum absolute atomic E-state index is 12.8. The molecule has 1 heterocycles. The summed E-state index contributed by atoms with van der Waals surface area (Å²) in [4.78, 5) is 4.06. The molecular weight excluding hydrogens is 385 g/mol. The van der Waals surface area contributed by atoms with Crippen LogP contribution in [0.2, 0.25) is 10.0 Å². The molecule has 0 N–H and O–H groups in total. The Morgan fingerprint density at radius 3 is 2.56 bits per heavy atom. The molecule has 0 unspecified atom stereocenters. The highest BCUT2D eigenvalue weighted by Crippen LogP contribution is 2.39. The van der Waals surface area contributed by atoms with E-state index in [1.165, 1.54) is 25.4 Å². The average Bonchev–Trinajstić information content (AvgIpc) is 2.58. The van der Waals surface area contributed by atoms with Crippen LogP contribution in [0.5, 0.6) is 11.5 Å². The normalized spacial score (nSPS) is 11.5. The first-order valence-electron chi connectivity index (χ1n) is 7.15. The molecule has 2 aromatic carbocycles. The van der Waals surface area contributed by atoms with Gasteiger partial charge in [-0.3, -0.25) is 4.98 Å². The van der Waals surface area contributed by atoms with E-state index in [9.17, 15) is 8.42 Å². The monoisotopic (exact) mass is 397 g/mol. The SMILES string of the molecule is COc1ccc(C)cc1S(=O)(=O)Oc1c(Cl)cc(Cl)c2cccnc12. The summed E-state index contributed by atoms with van der Waals surface area (Å²) in [5.41, 5.74) is 1.00. The standard InChI is InChI=1S/C17H13Cl2NO4S/c1-10-5-6-14(23-2)15(8-10)25(21,22)24-17-13(19)9-12(18)11-4-3-7-20-16(11)17/h3-9H,1-2H3. The van der Waals surface area contributed by atoms with E-state index in [2.05, 4.69) is 4.98 Å². The second-order valence-corrected chi connectivity index (χ2v) is 7.59. The van der Waals surface area contributed by atoms with Crippen LogP contribution >= 0.6 is 23.2 Å². The molecule has 0 saturated carbocycles. The molecule has 0 fully saturated rings. The van der Waals surface area contributed by atoms with Crippen molar-refractivity contribution in [3.63, 3.8) is 0 Å². The lowest BCUT2D eigenvalue weighted by molar-refractivity contribution is 0.398. The topological polar surface area (TPSA) is 65.5 Å². The number of pyridine rings is 1. The minimum atomic E-state index is -4.20. The van der Waals surface area contributed by atoms with Crippen LogP contribution in [0, 0.1) is 6.92 Å². The lowest BCUT2D eigenvalue weighted by Gasteiger charge is -2.14. The highest BCUT2D eigenvalue weighted by atomic mass is 35.5. The molecule has 5 nitrogen and oxygen atoms in total. The van der Waals surface area contributed by atoms with Gasteiger partial charge in [-0.25, -0.2) is 0 Å². The van der Waals surface area contributed by atoms with Crippen molar-refractivity contribution in [1.29, 1.82) is 0 Å². The van der Waals surface area contributed by atoms with Crippen molar-refractivity contribution < 1.29 is 17.3 Å². The number of methoxy groups -OCH3 is 1. The summed E-state index contributed by atoms with van der Waals surface area (Å²) in [6, 6.07) is 9.58. The van der Waals surface area contributed by atoms with Crippen LogP contribution in [-0.4, -0.2) is 20.5 Å². The molecule has 0 radical (unpaired) electrons. The van der Waals surface area contributed by atoms with Gasteiger partial charge >= 0.3 is 10.1 Å². The lowest BCUT2D eigenvalue weighted by atomic mass is 10.2. The van der Waals surface area contributed by atoms with Gasteiger partial charge < -0.3 is 8.92 Å². The van der Waals surface area contributed by atoms with Gasteiger partial charge in [0.25, 0.3) is 0 Å². The first-order chi connectivity index (χ1) is 11.8. The molecule has 0 saturated heterocycles. The third-order valence-corrected chi connectivity index (χ3v) is 5.37. The third-order valence-electron chi connectivity index (χ3n) is 3.53. The molecule has 0 aliphatic heterocycles. The van der Waals surface area contributed by atoms with Crippen molar-refractivity contribution in [2.24, 2.45) is 0 Å². The van der Waals surface area contributed by atoms with E-state index in [0.717, 1.165) is 5.56 Å². The molecule has 130 valence electrons. The number of aryl methyl sites for hydroxylation is 1. The molecular formula is C17H13Cl2NO4S. The van der Waals surface area contributed by atoms with Gasteiger partial charge in [-0.1, -0.05) is 29.3 Å². The van der Waals surface area contributed by atoms with E-state index in [-0.39, 0.29) is 26.9 Å². The summed E-state index contributed by atoms with van der Waals surface area (Å²) in [5.74, 6) is 0.0955. The van der Waals surface area contributed by atoms with Crippen molar-refractivity contribution in [1.82, 2.24) is 4.98 Å². The molecule has 25 heavy (non-hydrogen) atoms. The summed E-state index contributed by atoms with van der Waals surface area (Å²) >= 11 is 12.3. The predicted octanol–water partition coefficient (Wildman–Crippen LogP) is 4.63. The van der Waals surface area contributed by atoms with Crippen LogP contribution < -0.4 is 8.92 Å². The van der Waals surface area contributed by atoms with Crippen LogP contribution in [0.4, 0.5) is 0 Å². The number of rotatable bonds is 4. The summed E-state index contributed by atoms with van der Waals surface area (Å²) in [7, 11) is -2.81. The lowest BCUT2D eigenvalue weighted by Crippen LogP contribution is -2.12. The largest absolute Gasteiger partial charge is 0.495 e. The summed E-state index contributed by atoms with van der Waals surface area (Å²) in [6.45, 7) is 1.77. The van der Waals surface area contributed by atoms with Gasteiger partial charge in [-0.15, -0.1) is 0 Å². The van der Waals surface area contributed by atoms with E-state index in [1.807, 2.05) is 0 Å². The van der Waals surface area contributed by atoms with Gasteiger partial charge in [0, 0.05) is 11.6 Å². The number of hydrogen-bond donors (Lipinski definition) is 0. The Kier molecular flexibility index (Phi) is 4.77. The molecule has 8 heteroatoms. The Hall–Kier alpha value is -2.02. The fourth-order valence-electron chi connectivity index (χ4n) is 2.36. The second-order valence-electron chi connectivity index (χ2n) is 5.26. The van der Waals surface area contributed by atoms with Gasteiger partial charge in [-0.2, -0.15) is 8.42 Å². The van der Waals surface area contributed by atoms with Crippen molar-refractivity contribution in [2.45, 2.75) is 11.8 Å². The fraction of sp³-hybridized carbons (Fsp3) is 0.118. The zero-order valence-electron chi connectivity index (χ0n) is 13.3. The zero-order valence-corrected chi connectivity index (χ0v) is 15.6.